The molecule has 2 bridgehead atoms. The highest BCUT2D eigenvalue weighted by molar-refractivity contribution is 6.44. The Morgan fingerprint density at radius 2 is 1.88 bits per heavy atom. The summed E-state index contributed by atoms with van der Waals surface area (Å²) in [6, 6.07) is 3.61. The van der Waals surface area contributed by atoms with E-state index in [0.29, 0.717) is 11.3 Å². The Kier molecular flexibility index (Phi) is 5.28. The zero-order chi connectivity index (χ0) is 17.9. The van der Waals surface area contributed by atoms with E-state index in [0.717, 1.165) is 17.0 Å². The third-order valence-corrected chi connectivity index (χ3v) is 3.71. The van der Waals surface area contributed by atoms with Gasteiger partial charge in [0.15, 0.2) is 11.5 Å². The second kappa shape index (κ2) is 7.20. The first-order valence-electron chi connectivity index (χ1n) is 7.33. The Morgan fingerprint density at radius 3 is 2.42 bits per heavy atom. The van der Waals surface area contributed by atoms with Gasteiger partial charge in [-0.3, -0.25) is 0 Å². The molecule has 2 aliphatic heterocycles. The number of methoxy groups -OCH3 is 1. The molecule has 0 aromatic heterocycles. The van der Waals surface area contributed by atoms with E-state index in [1.54, 1.807) is 11.1 Å². The van der Waals surface area contributed by atoms with Crippen LogP contribution in [0.1, 0.15) is 25.0 Å². The van der Waals surface area contributed by atoms with Gasteiger partial charge in [-0.1, -0.05) is 10.3 Å². The normalized spacial score (nSPS) is 15.0. The number of nitrogens with zero attached hydrogens (tertiary/aromatic N) is 3. The molecule has 0 radical (unpaired) electrons. The predicted octanol–water partition coefficient (Wildman–Crippen LogP) is 2.04. The van der Waals surface area contributed by atoms with E-state index in [-0.39, 0.29) is 11.8 Å². The van der Waals surface area contributed by atoms with Crippen LogP contribution in [-0.2, 0) is 19.2 Å². The van der Waals surface area contributed by atoms with Crippen molar-refractivity contribution in [2.75, 3.05) is 26.4 Å². The molecule has 8 heteroatoms. The summed E-state index contributed by atoms with van der Waals surface area (Å²) in [4.78, 5) is 27.5. The first kappa shape index (κ1) is 17.6. The lowest BCUT2D eigenvalue weighted by Crippen LogP contribution is -2.43. The molecule has 2 heterocycles. The van der Waals surface area contributed by atoms with Crippen molar-refractivity contribution in [2.24, 2.45) is 10.3 Å². The first-order chi connectivity index (χ1) is 11.4. The van der Waals surface area contributed by atoms with Gasteiger partial charge in [0.1, 0.15) is 20.3 Å². The summed E-state index contributed by atoms with van der Waals surface area (Å²) in [6.45, 7) is 5.67. The topological polar surface area (TPSA) is 82.0 Å². The van der Waals surface area contributed by atoms with Gasteiger partial charge in [0, 0.05) is 0 Å². The molecule has 130 valence electrons. The molecule has 2 aliphatic rings. The molecule has 0 fully saturated rings. The molecule has 1 aromatic carbocycles. The fourth-order valence-corrected chi connectivity index (χ4v) is 2.41. The Labute approximate surface area is 140 Å². The Bertz CT molecular complexity index is 699. The smallest absolute Gasteiger partial charge is 0.360 e. The number of carbonyl (C=O) groups excluding carboxylic acids is 1. The van der Waals surface area contributed by atoms with Crippen molar-refractivity contribution < 1.29 is 24.0 Å². The number of hydrogen-bond donors (Lipinski definition) is 0. The van der Waals surface area contributed by atoms with Crippen LogP contribution < -0.4 is 9.90 Å². The van der Waals surface area contributed by atoms with Crippen LogP contribution in [0.3, 0.4) is 0 Å². The number of hydrogen-bond acceptors (Lipinski definition) is 8. The van der Waals surface area contributed by atoms with Gasteiger partial charge >= 0.3 is 5.97 Å². The molecule has 1 aromatic rings. The minimum absolute atomic E-state index is 0.0505. The van der Waals surface area contributed by atoms with Crippen LogP contribution in [0.4, 0.5) is 5.69 Å². The Morgan fingerprint density at radius 1 is 1.21 bits per heavy atom. The fraction of sp³-hybridized carbons (Fsp3) is 0.438. The molecule has 8 nitrogen and oxygen atoms in total. The average Bonchev–Trinajstić information content (AvgIpc) is 2.58. The summed E-state index contributed by atoms with van der Waals surface area (Å²) in [5, 5.41) is 9.42. The van der Waals surface area contributed by atoms with Crippen molar-refractivity contribution in [3.8, 4) is 5.75 Å². The summed E-state index contributed by atoms with van der Waals surface area (Å²) in [5.41, 5.74) is 2.96. The van der Waals surface area contributed by atoms with Gasteiger partial charge in [-0.2, -0.15) is 0 Å². The average molecular weight is 335 g/mol. The monoisotopic (exact) mass is 335 g/mol. The van der Waals surface area contributed by atoms with Crippen LogP contribution in [0.25, 0.3) is 0 Å². The van der Waals surface area contributed by atoms with Crippen LogP contribution >= 0.6 is 0 Å². The van der Waals surface area contributed by atoms with E-state index in [4.69, 9.17) is 19.2 Å². The molecule has 0 spiro atoms. The van der Waals surface area contributed by atoms with Crippen molar-refractivity contribution in [2.45, 2.75) is 26.8 Å². The molecule has 1 atom stereocenters. The largest absolute Gasteiger partial charge is 0.464 e. The number of anilines is 1. The molecule has 24 heavy (non-hydrogen) atoms. The molecule has 0 aliphatic carbocycles. The van der Waals surface area contributed by atoms with Crippen LogP contribution in [0.5, 0.6) is 5.75 Å². The van der Waals surface area contributed by atoms with Crippen LogP contribution in [0, 0.1) is 6.92 Å². The molecule has 0 saturated carbocycles. The highest BCUT2D eigenvalue weighted by atomic mass is 16.7. The third kappa shape index (κ3) is 3.12. The lowest BCUT2D eigenvalue weighted by Gasteiger charge is -2.36. The van der Waals surface area contributed by atoms with Gasteiger partial charge in [-0.25, -0.2) is 9.86 Å². The SMILES string of the molecule is CON=C(C(=O)OC)c1cc2cc(C)c1ON2C(C)C(C)=NOC. The van der Waals surface area contributed by atoms with Crippen LogP contribution in [-0.4, -0.2) is 44.8 Å². The molecule has 1 unspecified atom stereocenters. The number of rotatable bonds is 6. The molecular formula is C16H21N3O5. The summed E-state index contributed by atoms with van der Waals surface area (Å²) >= 11 is 0. The Balaban J connectivity index is 2.46. The van der Waals surface area contributed by atoms with Gasteiger partial charge in [0.05, 0.1) is 24.1 Å². The maximum absolute atomic E-state index is 12.0. The number of benzene rings is 1. The highest BCUT2D eigenvalue weighted by Crippen LogP contribution is 2.38. The van der Waals surface area contributed by atoms with Crippen LogP contribution in [0.2, 0.25) is 0 Å². The lowest BCUT2D eigenvalue weighted by molar-refractivity contribution is -0.132. The van der Waals surface area contributed by atoms with E-state index in [9.17, 15) is 4.79 Å². The second-order valence-corrected chi connectivity index (χ2v) is 5.26. The van der Waals surface area contributed by atoms with Crippen molar-refractivity contribution in [3.63, 3.8) is 0 Å². The summed E-state index contributed by atoms with van der Waals surface area (Å²) in [5.74, 6) is -0.0832. The van der Waals surface area contributed by atoms with Crippen LogP contribution in [0.15, 0.2) is 22.4 Å². The van der Waals surface area contributed by atoms with E-state index in [2.05, 4.69) is 10.3 Å². The van der Waals surface area contributed by atoms with E-state index < -0.39 is 5.97 Å². The maximum Gasteiger partial charge on any atom is 0.360 e. The summed E-state index contributed by atoms with van der Waals surface area (Å²) in [7, 11) is 4.15. The molecule has 0 saturated heterocycles. The zero-order valence-electron chi connectivity index (χ0n) is 14.6. The van der Waals surface area contributed by atoms with Crippen molar-refractivity contribution in [3.05, 3.63) is 23.3 Å². The number of aryl methyl sites for hydroxylation is 1. The summed E-state index contributed by atoms with van der Waals surface area (Å²) < 4.78 is 4.77. The number of carbonyl (C=O) groups is 1. The fourth-order valence-electron chi connectivity index (χ4n) is 2.41. The van der Waals surface area contributed by atoms with Gasteiger partial charge in [0.25, 0.3) is 0 Å². The number of ether oxygens (including phenoxy) is 1. The van der Waals surface area contributed by atoms with E-state index in [1.165, 1.54) is 21.3 Å². The highest BCUT2D eigenvalue weighted by Gasteiger charge is 2.32. The van der Waals surface area contributed by atoms with Gasteiger partial charge in [-0.05, 0) is 38.5 Å². The van der Waals surface area contributed by atoms with Crippen molar-refractivity contribution in [1.29, 1.82) is 0 Å². The Hall–Kier alpha value is -2.77. The van der Waals surface area contributed by atoms with Gasteiger partial charge < -0.3 is 19.2 Å². The molecular weight excluding hydrogens is 314 g/mol. The molecule has 0 N–H and O–H groups in total. The molecule has 0 amide bonds. The molecule has 3 rings (SSSR count). The minimum atomic E-state index is -0.600. The lowest BCUT2D eigenvalue weighted by atomic mass is 10.0. The number of esters is 1. The quantitative estimate of drug-likeness (QED) is 0.449. The number of oxime groups is 2. The van der Waals surface area contributed by atoms with Crippen molar-refractivity contribution in [1.82, 2.24) is 0 Å². The predicted molar refractivity (Wildman–Crippen MR) is 89.4 cm³/mol. The summed E-state index contributed by atoms with van der Waals surface area (Å²) in [6.07, 6.45) is 0. The van der Waals surface area contributed by atoms with Gasteiger partial charge in [0.2, 0.25) is 0 Å². The van der Waals surface area contributed by atoms with Crippen molar-refractivity contribution >= 4 is 23.1 Å². The number of fused-ring (bicyclic) bond motifs is 3. The zero-order valence-corrected chi connectivity index (χ0v) is 14.6. The number of hydroxylamine groups is 1. The maximum atomic E-state index is 12.0. The first-order valence-corrected chi connectivity index (χ1v) is 7.33. The third-order valence-electron chi connectivity index (χ3n) is 3.71. The van der Waals surface area contributed by atoms with E-state index >= 15 is 0 Å². The van der Waals surface area contributed by atoms with E-state index in [1.807, 2.05) is 26.8 Å². The standard InChI is InChI=1S/C16H21N3O5/c1-9-7-12-8-13(14(18-23-6)16(20)21-4)15(9)24-19(12)11(3)10(2)17-22-5/h7-8,11H,1-6H3. The second-order valence-electron chi connectivity index (χ2n) is 5.26. The van der Waals surface area contributed by atoms with Gasteiger partial charge in [-0.15, -0.1) is 0 Å². The minimum Gasteiger partial charge on any atom is -0.464 e.